The summed E-state index contributed by atoms with van der Waals surface area (Å²) in [5.41, 5.74) is 0. The van der Waals surface area contributed by atoms with Crippen LogP contribution in [0.1, 0.15) is 78.6 Å². The lowest BCUT2D eigenvalue weighted by Crippen LogP contribution is -2.41. The number of rotatable bonds is 12. The smallest absolute Gasteiger partial charge is 0.170 e. The predicted octanol–water partition coefficient (Wildman–Crippen LogP) is 5.16. The molecule has 0 fully saturated rings. The summed E-state index contributed by atoms with van der Waals surface area (Å²) < 4.78 is 11.3. The molecule has 0 bridgehead atoms. The Labute approximate surface area is 114 Å². The number of hydrogen-bond donors (Lipinski definition) is 0. The van der Waals surface area contributed by atoms with Gasteiger partial charge in [0, 0.05) is 20.1 Å². The molecule has 0 aliphatic rings. The van der Waals surface area contributed by atoms with Crippen LogP contribution in [-0.2, 0) is 9.47 Å². The highest BCUT2D eigenvalue weighted by molar-refractivity contribution is 4.77. The molecule has 0 aromatic heterocycles. The van der Waals surface area contributed by atoms with Gasteiger partial charge >= 0.3 is 0 Å². The zero-order valence-corrected chi connectivity index (χ0v) is 13.3. The quantitative estimate of drug-likeness (QED) is 0.355. The predicted molar refractivity (Wildman–Crippen MR) is 78.8 cm³/mol. The van der Waals surface area contributed by atoms with Crippen molar-refractivity contribution in [2.24, 2.45) is 5.92 Å². The van der Waals surface area contributed by atoms with Gasteiger partial charge in [-0.15, -0.1) is 0 Å². The third kappa shape index (κ3) is 5.71. The third-order valence-corrected chi connectivity index (χ3v) is 4.20. The minimum atomic E-state index is -0.363. The number of hydrogen-bond acceptors (Lipinski definition) is 2. The van der Waals surface area contributed by atoms with Crippen LogP contribution in [0.15, 0.2) is 0 Å². The van der Waals surface area contributed by atoms with Crippen LogP contribution in [0, 0.1) is 5.92 Å². The molecule has 0 heterocycles. The molecule has 1 unspecified atom stereocenters. The van der Waals surface area contributed by atoms with Crippen molar-refractivity contribution in [3.63, 3.8) is 0 Å². The zero-order valence-electron chi connectivity index (χ0n) is 13.3. The maximum atomic E-state index is 5.66. The maximum absolute atomic E-state index is 5.66. The van der Waals surface area contributed by atoms with Crippen LogP contribution in [0.25, 0.3) is 0 Å². The molecule has 0 amide bonds. The van der Waals surface area contributed by atoms with E-state index in [0.29, 0.717) is 5.92 Å². The molecule has 0 aromatic carbocycles. The summed E-state index contributed by atoms with van der Waals surface area (Å²) in [6.07, 6.45) is 11.4. The van der Waals surface area contributed by atoms with E-state index in [2.05, 4.69) is 20.8 Å². The Kier molecular flexibility index (Phi) is 10.8. The highest BCUT2D eigenvalue weighted by Gasteiger charge is 2.35. The first-order valence-electron chi connectivity index (χ1n) is 7.80. The van der Waals surface area contributed by atoms with Crippen molar-refractivity contribution in [2.45, 2.75) is 84.3 Å². The molecule has 0 aliphatic heterocycles. The van der Waals surface area contributed by atoms with E-state index in [1.54, 1.807) is 14.2 Å². The van der Waals surface area contributed by atoms with Crippen molar-refractivity contribution in [1.29, 1.82) is 0 Å². The van der Waals surface area contributed by atoms with Crippen LogP contribution in [0.2, 0.25) is 0 Å². The van der Waals surface area contributed by atoms with Crippen LogP contribution in [0.4, 0.5) is 0 Å². The average molecular weight is 258 g/mol. The minimum absolute atomic E-state index is 0.363. The van der Waals surface area contributed by atoms with E-state index in [9.17, 15) is 0 Å². The highest BCUT2D eigenvalue weighted by Crippen LogP contribution is 2.33. The van der Waals surface area contributed by atoms with Gasteiger partial charge < -0.3 is 9.47 Å². The molecule has 110 valence electrons. The van der Waals surface area contributed by atoms with Crippen LogP contribution in [0.5, 0.6) is 0 Å². The van der Waals surface area contributed by atoms with Crippen molar-refractivity contribution in [2.75, 3.05) is 14.2 Å². The normalized spacial score (nSPS) is 13.8. The fourth-order valence-electron chi connectivity index (χ4n) is 2.90. The van der Waals surface area contributed by atoms with Gasteiger partial charge in [0.25, 0.3) is 0 Å². The largest absolute Gasteiger partial charge is 0.353 e. The van der Waals surface area contributed by atoms with Gasteiger partial charge in [0.15, 0.2) is 5.79 Å². The van der Waals surface area contributed by atoms with E-state index in [-0.39, 0.29) is 5.79 Å². The molecule has 0 spiro atoms. The Morgan fingerprint density at radius 2 is 1.39 bits per heavy atom. The van der Waals surface area contributed by atoms with Gasteiger partial charge in [0.05, 0.1) is 0 Å². The Morgan fingerprint density at radius 1 is 0.833 bits per heavy atom. The maximum Gasteiger partial charge on any atom is 0.170 e. The molecule has 0 rings (SSSR count). The topological polar surface area (TPSA) is 18.5 Å². The molecule has 0 saturated heterocycles. The van der Waals surface area contributed by atoms with Gasteiger partial charge in [-0.25, -0.2) is 0 Å². The van der Waals surface area contributed by atoms with Gasteiger partial charge in [-0.05, 0) is 19.3 Å². The second-order valence-electron chi connectivity index (χ2n) is 5.24. The highest BCUT2D eigenvalue weighted by atomic mass is 16.7. The molecule has 0 aliphatic carbocycles. The Balaban J connectivity index is 4.01. The minimum Gasteiger partial charge on any atom is -0.353 e. The van der Waals surface area contributed by atoms with Gasteiger partial charge in [0.2, 0.25) is 0 Å². The van der Waals surface area contributed by atoms with Crippen LogP contribution >= 0.6 is 0 Å². The van der Waals surface area contributed by atoms with Gasteiger partial charge in [-0.2, -0.15) is 0 Å². The summed E-state index contributed by atoms with van der Waals surface area (Å²) in [5.74, 6) is 0.154. The Bertz CT molecular complexity index is 168. The molecular formula is C16H34O2. The molecule has 0 saturated carbocycles. The number of unbranched alkanes of at least 4 members (excludes halogenated alkanes) is 5. The first kappa shape index (κ1) is 17.9. The summed E-state index contributed by atoms with van der Waals surface area (Å²) in [7, 11) is 3.55. The summed E-state index contributed by atoms with van der Waals surface area (Å²) in [6, 6.07) is 0. The van der Waals surface area contributed by atoms with Crippen LogP contribution in [0.3, 0.4) is 0 Å². The SMILES string of the molecule is CCCCCCCCC(CC)C(CC)(OC)OC. The lowest BCUT2D eigenvalue weighted by molar-refractivity contribution is -0.243. The summed E-state index contributed by atoms with van der Waals surface area (Å²) >= 11 is 0. The first-order chi connectivity index (χ1) is 8.70. The molecule has 0 radical (unpaired) electrons. The van der Waals surface area contributed by atoms with E-state index in [1.165, 1.54) is 44.9 Å². The molecule has 2 nitrogen and oxygen atoms in total. The van der Waals surface area contributed by atoms with Crippen molar-refractivity contribution < 1.29 is 9.47 Å². The van der Waals surface area contributed by atoms with Gasteiger partial charge in [-0.3, -0.25) is 0 Å². The fourth-order valence-corrected chi connectivity index (χ4v) is 2.90. The Morgan fingerprint density at radius 3 is 1.83 bits per heavy atom. The van der Waals surface area contributed by atoms with Crippen molar-refractivity contribution in [3.05, 3.63) is 0 Å². The Hall–Kier alpha value is -0.0800. The van der Waals surface area contributed by atoms with Crippen LogP contribution in [-0.4, -0.2) is 20.0 Å². The van der Waals surface area contributed by atoms with E-state index >= 15 is 0 Å². The average Bonchev–Trinajstić information content (AvgIpc) is 2.42. The van der Waals surface area contributed by atoms with Crippen molar-refractivity contribution in [3.8, 4) is 0 Å². The van der Waals surface area contributed by atoms with E-state index < -0.39 is 0 Å². The summed E-state index contributed by atoms with van der Waals surface area (Å²) in [6.45, 7) is 6.65. The van der Waals surface area contributed by atoms with E-state index in [1.807, 2.05) is 0 Å². The standard InChI is InChI=1S/C16H34O2/c1-6-9-10-11-12-13-14-15(7-2)16(8-3,17-4)18-5/h15H,6-14H2,1-5H3. The first-order valence-corrected chi connectivity index (χ1v) is 7.80. The van der Waals surface area contributed by atoms with Crippen molar-refractivity contribution >= 4 is 0 Å². The summed E-state index contributed by atoms with van der Waals surface area (Å²) in [5, 5.41) is 0. The van der Waals surface area contributed by atoms with Gasteiger partial charge in [-0.1, -0.05) is 59.3 Å². The monoisotopic (exact) mass is 258 g/mol. The van der Waals surface area contributed by atoms with Crippen molar-refractivity contribution in [1.82, 2.24) is 0 Å². The molecule has 0 aromatic rings. The fraction of sp³-hybridized carbons (Fsp3) is 1.00. The molecule has 1 atom stereocenters. The van der Waals surface area contributed by atoms with Gasteiger partial charge in [0.1, 0.15) is 0 Å². The number of ether oxygens (including phenoxy) is 2. The lowest BCUT2D eigenvalue weighted by Gasteiger charge is -2.37. The second kappa shape index (κ2) is 10.8. The second-order valence-corrected chi connectivity index (χ2v) is 5.24. The zero-order chi connectivity index (χ0) is 13.9. The molecular weight excluding hydrogens is 224 g/mol. The number of methoxy groups -OCH3 is 2. The van der Waals surface area contributed by atoms with Crippen LogP contribution < -0.4 is 0 Å². The molecule has 18 heavy (non-hydrogen) atoms. The molecule has 0 N–H and O–H groups in total. The third-order valence-electron chi connectivity index (χ3n) is 4.20. The lowest BCUT2D eigenvalue weighted by atomic mass is 9.88. The molecule has 2 heteroatoms. The summed E-state index contributed by atoms with van der Waals surface area (Å²) in [4.78, 5) is 0. The van der Waals surface area contributed by atoms with E-state index in [4.69, 9.17) is 9.47 Å². The van der Waals surface area contributed by atoms with E-state index in [0.717, 1.165) is 12.8 Å².